The number of carbonyl (C=O) groups excluding carboxylic acids is 3. The fourth-order valence-corrected chi connectivity index (χ4v) is 3.03. The van der Waals surface area contributed by atoms with E-state index in [1.807, 2.05) is 0 Å². The molecule has 1 heterocycles. The lowest BCUT2D eigenvalue weighted by Crippen LogP contribution is -2.40. The number of hydrogen-bond acceptors (Lipinski definition) is 4. The molecular formula is C18H19FN2O3S. The molecule has 0 radical (unpaired) electrons. The molecule has 2 rings (SSSR count). The number of rotatable bonds is 7. The van der Waals surface area contributed by atoms with Crippen LogP contribution >= 0.6 is 11.3 Å². The number of carbonyl (C=O) groups is 3. The topological polar surface area (TPSA) is 66.5 Å². The summed E-state index contributed by atoms with van der Waals surface area (Å²) in [5.41, 5.74) is 0.772. The van der Waals surface area contributed by atoms with Crippen LogP contribution in [0.25, 0.3) is 0 Å². The molecule has 0 bridgehead atoms. The third kappa shape index (κ3) is 5.22. The summed E-state index contributed by atoms with van der Waals surface area (Å²) in [7, 11) is 0. The molecule has 0 saturated heterocycles. The van der Waals surface area contributed by atoms with Crippen molar-refractivity contribution in [1.29, 1.82) is 0 Å². The number of thiophene rings is 1. The van der Waals surface area contributed by atoms with E-state index in [1.54, 1.807) is 31.2 Å². The minimum absolute atomic E-state index is 0.0795. The van der Waals surface area contributed by atoms with Crippen molar-refractivity contribution in [3.05, 3.63) is 57.5 Å². The fourth-order valence-electron chi connectivity index (χ4n) is 2.16. The highest BCUT2D eigenvalue weighted by atomic mass is 32.1. The molecule has 0 unspecified atom stereocenters. The molecule has 2 aromatic rings. The smallest absolute Gasteiger partial charge is 0.264 e. The Morgan fingerprint density at radius 1 is 1.08 bits per heavy atom. The molecule has 0 aliphatic rings. The number of amides is 2. The molecule has 0 fully saturated rings. The molecule has 0 saturated carbocycles. The SMILES string of the molecule is CCN(CC(=O)NCc1ccc(F)cc1)C(=O)c1ccc(C(C)=O)s1. The number of nitrogens with zero attached hydrogens (tertiary/aromatic N) is 1. The van der Waals surface area contributed by atoms with Gasteiger partial charge in [-0.05, 0) is 43.7 Å². The third-order valence-corrected chi connectivity index (χ3v) is 4.74. The first-order valence-corrected chi connectivity index (χ1v) is 8.63. The van der Waals surface area contributed by atoms with Gasteiger partial charge in [0.1, 0.15) is 5.82 Å². The summed E-state index contributed by atoms with van der Waals surface area (Å²) < 4.78 is 12.9. The molecule has 2 amide bonds. The molecule has 132 valence electrons. The van der Waals surface area contributed by atoms with Crippen molar-refractivity contribution in [3.63, 3.8) is 0 Å². The molecule has 1 aromatic carbocycles. The zero-order valence-electron chi connectivity index (χ0n) is 14.0. The van der Waals surface area contributed by atoms with E-state index in [-0.39, 0.29) is 36.5 Å². The van der Waals surface area contributed by atoms with E-state index < -0.39 is 0 Å². The lowest BCUT2D eigenvalue weighted by atomic mass is 10.2. The zero-order chi connectivity index (χ0) is 18.4. The standard InChI is InChI=1S/C18H19FN2O3S/c1-3-21(18(24)16-9-8-15(25-16)12(2)22)11-17(23)20-10-13-4-6-14(19)7-5-13/h4-9H,3,10-11H2,1-2H3,(H,20,23). The van der Waals surface area contributed by atoms with Crippen LogP contribution in [0.1, 0.15) is 38.8 Å². The predicted molar refractivity (Wildman–Crippen MR) is 94.1 cm³/mol. The largest absolute Gasteiger partial charge is 0.350 e. The molecule has 1 N–H and O–H groups in total. The quantitative estimate of drug-likeness (QED) is 0.770. The first-order valence-electron chi connectivity index (χ1n) is 7.82. The zero-order valence-corrected chi connectivity index (χ0v) is 14.9. The van der Waals surface area contributed by atoms with Gasteiger partial charge >= 0.3 is 0 Å². The average Bonchev–Trinajstić information content (AvgIpc) is 3.09. The van der Waals surface area contributed by atoms with Crippen LogP contribution in [0.5, 0.6) is 0 Å². The van der Waals surface area contributed by atoms with Gasteiger partial charge in [0.25, 0.3) is 5.91 Å². The van der Waals surface area contributed by atoms with E-state index in [9.17, 15) is 18.8 Å². The van der Waals surface area contributed by atoms with E-state index in [2.05, 4.69) is 5.32 Å². The molecule has 5 nitrogen and oxygen atoms in total. The Balaban J connectivity index is 1.93. The van der Waals surface area contributed by atoms with Gasteiger partial charge in [0.05, 0.1) is 16.3 Å². The molecule has 0 spiro atoms. The van der Waals surface area contributed by atoms with Gasteiger partial charge in [-0.1, -0.05) is 12.1 Å². The maximum absolute atomic E-state index is 12.9. The van der Waals surface area contributed by atoms with Gasteiger partial charge in [0.15, 0.2) is 5.78 Å². The highest BCUT2D eigenvalue weighted by Crippen LogP contribution is 2.18. The van der Waals surface area contributed by atoms with E-state index in [0.29, 0.717) is 16.3 Å². The highest BCUT2D eigenvalue weighted by Gasteiger charge is 2.19. The predicted octanol–water partition coefficient (Wildman–Crippen LogP) is 2.87. The number of halogens is 1. The number of Topliss-reactive ketones (excluding diaryl/α,β-unsaturated/α-hetero) is 1. The molecule has 7 heteroatoms. The van der Waals surface area contributed by atoms with Crippen LogP contribution in [0.2, 0.25) is 0 Å². The van der Waals surface area contributed by atoms with Crippen LogP contribution in [-0.4, -0.2) is 35.6 Å². The van der Waals surface area contributed by atoms with E-state index in [1.165, 1.54) is 24.0 Å². The summed E-state index contributed by atoms with van der Waals surface area (Å²) in [6, 6.07) is 9.05. The second-order valence-corrected chi connectivity index (χ2v) is 6.53. The van der Waals surface area contributed by atoms with Gasteiger partial charge in [0, 0.05) is 13.1 Å². The Kier molecular flexibility index (Phi) is 6.41. The number of hydrogen-bond donors (Lipinski definition) is 1. The van der Waals surface area contributed by atoms with Gasteiger partial charge < -0.3 is 10.2 Å². The van der Waals surface area contributed by atoms with Crippen molar-refractivity contribution < 1.29 is 18.8 Å². The maximum Gasteiger partial charge on any atom is 0.264 e. The second-order valence-electron chi connectivity index (χ2n) is 5.44. The third-order valence-electron chi connectivity index (χ3n) is 3.57. The summed E-state index contributed by atoms with van der Waals surface area (Å²) in [5.74, 6) is -1.01. The average molecular weight is 362 g/mol. The lowest BCUT2D eigenvalue weighted by Gasteiger charge is -2.19. The Bertz CT molecular complexity index is 771. The van der Waals surface area contributed by atoms with Gasteiger partial charge in [-0.15, -0.1) is 11.3 Å². The van der Waals surface area contributed by atoms with Crippen molar-refractivity contribution in [3.8, 4) is 0 Å². The Morgan fingerprint density at radius 2 is 1.72 bits per heavy atom. The molecule has 0 atom stereocenters. The number of ketones is 1. The van der Waals surface area contributed by atoms with Crippen LogP contribution in [0.15, 0.2) is 36.4 Å². The lowest BCUT2D eigenvalue weighted by molar-refractivity contribution is -0.121. The van der Waals surface area contributed by atoms with E-state index >= 15 is 0 Å². The minimum Gasteiger partial charge on any atom is -0.350 e. The van der Waals surface area contributed by atoms with Crippen LogP contribution in [0.4, 0.5) is 4.39 Å². The van der Waals surface area contributed by atoms with Crippen molar-refractivity contribution in [2.45, 2.75) is 20.4 Å². The van der Waals surface area contributed by atoms with Gasteiger partial charge in [-0.3, -0.25) is 14.4 Å². The molecule has 0 aliphatic carbocycles. The monoisotopic (exact) mass is 362 g/mol. The number of benzene rings is 1. The van der Waals surface area contributed by atoms with Crippen molar-refractivity contribution in [1.82, 2.24) is 10.2 Å². The molecule has 0 aliphatic heterocycles. The molecular weight excluding hydrogens is 343 g/mol. The van der Waals surface area contributed by atoms with E-state index in [4.69, 9.17) is 0 Å². The van der Waals surface area contributed by atoms with Crippen LogP contribution < -0.4 is 5.32 Å². The summed E-state index contributed by atoms with van der Waals surface area (Å²) in [6.45, 7) is 3.78. The minimum atomic E-state index is -0.335. The van der Waals surface area contributed by atoms with Crippen LogP contribution in [-0.2, 0) is 11.3 Å². The van der Waals surface area contributed by atoms with Crippen molar-refractivity contribution in [2.24, 2.45) is 0 Å². The Hall–Kier alpha value is -2.54. The summed E-state index contributed by atoms with van der Waals surface area (Å²) in [4.78, 5) is 38.2. The first kappa shape index (κ1) is 18.8. The first-order chi connectivity index (χ1) is 11.9. The number of likely N-dealkylation sites (N-methyl/N-ethyl adjacent to an activating group) is 1. The van der Waals surface area contributed by atoms with Crippen molar-refractivity contribution >= 4 is 28.9 Å². The summed E-state index contributed by atoms with van der Waals surface area (Å²) in [6.07, 6.45) is 0. The molecule has 25 heavy (non-hydrogen) atoms. The Morgan fingerprint density at radius 3 is 2.28 bits per heavy atom. The normalized spacial score (nSPS) is 10.4. The highest BCUT2D eigenvalue weighted by molar-refractivity contribution is 7.15. The van der Waals surface area contributed by atoms with Crippen LogP contribution in [0, 0.1) is 5.82 Å². The van der Waals surface area contributed by atoms with Crippen LogP contribution in [0.3, 0.4) is 0 Å². The summed E-state index contributed by atoms with van der Waals surface area (Å²) in [5, 5.41) is 2.71. The van der Waals surface area contributed by atoms with Gasteiger partial charge in [0.2, 0.25) is 5.91 Å². The molecule has 1 aromatic heterocycles. The Labute approximate surface area is 149 Å². The van der Waals surface area contributed by atoms with Gasteiger partial charge in [-0.25, -0.2) is 4.39 Å². The maximum atomic E-state index is 12.9. The number of nitrogens with one attached hydrogen (secondary N) is 1. The van der Waals surface area contributed by atoms with Gasteiger partial charge in [-0.2, -0.15) is 0 Å². The van der Waals surface area contributed by atoms with Crippen molar-refractivity contribution in [2.75, 3.05) is 13.1 Å². The fraction of sp³-hybridized carbons (Fsp3) is 0.278. The summed E-state index contributed by atoms with van der Waals surface area (Å²) >= 11 is 1.12. The van der Waals surface area contributed by atoms with E-state index in [0.717, 1.165) is 16.9 Å². The second kappa shape index (κ2) is 8.53.